The number of carbonyl (C=O) groups is 1. The van der Waals surface area contributed by atoms with Crippen LogP contribution in [0.4, 0.5) is 0 Å². The van der Waals surface area contributed by atoms with Gasteiger partial charge in [-0.3, -0.25) is 9.78 Å². The highest BCUT2D eigenvalue weighted by atomic mass is 16.1. The van der Waals surface area contributed by atoms with Crippen molar-refractivity contribution in [3.63, 3.8) is 0 Å². The zero-order chi connectivity index (χ0) is 17.1. The zero-order valence-electron chi connectivity index (χ0n) is 13.6. The summed E-state index contributed by atoms with van der Waals surface area (Å²) in [5.41, 5.74) is 4.82. The van der Waals surface area contributed by atoms with E-state index in [1.54, 1.807) is 12.1 Å². The Labute approximate surface area is 140 Å². The van der Waals surface area contributed by atoms with Crippen LogP contribution in [0.15, 0.2) is 48.5 Å². The van der Waals surface area contributed by atoms with E-state index in [9.17, 15) is 4.79 Å². The van der Waals surface area contributed by atoms with Gasteiger partial charge in [-0.05, 0) is 49.7 Å². The van der Waals surface area contributed by atoms with Crippen molar-refractivity contribution in [2.24, 2.45) is 0 Å². The van der Waals surface area contributed by atoms with Gasteiger partial charge in [-0.1, -0.05) is 23.8 Å². The van der Waals surface area contributed by atoms with Crippen molar-refractivity contribution in [1.82, 2.24) is 10.3 Å². The predicted molar refractivity (Wildman–Crippen MR) is 93.5 cm³/mol. The minimum Gasteiger partial charge on any atom is -0.348 e. The number of aromatic nitrogens is 1. The van der Waals surface area contributed by atoms with E-state index in [1.807, 2.05) is 50.2 Å². The van der Waals surface area contributed by atoms with Crippen molar-refractivity contribution in [2.45, 2.75) is 20.4 Å². The van der Waals surface area contributed by atoms with E-state index in [2.05, 4.69) is 16.4 Å². The summed E-state index contributed by atoms with van der Waals surface area (Å²) in [7, 11) is 0. The lowest BCUT2D eigenvalue weighted by Crippen LogP contribution is -2.23. The number of benzene rings is 2. The molecule has 4 nitrogen and oxygen atoms in total. The number of nitrogens with one attached hydrogen (secondary N) is 1. The number of carbonyl (C=O) groups excluding carboxylic acids is 1. The molecule has 0 spiro atoms. The van der Waals surface area contributed by atoms with Gasteiger partial charge in [0, 0.05) is 17.6 Å². The van der Waals surface area contributed by atoms with Crippen molar-refractivity contribution in [3.8, 4) is 6.07 Å². The molecule has 1 amide bonds. The van der Waals surface area contributed by atoms with Crippen molar-refractivity contribution in [1.29, 1.82) is 5.26 Å². The number of fused-ring (bicyclic) bond motifs is 1. The molecule has 0 radical (unpaired) electrons. The van der Waals surface area contributed by atoms with Gasteiger partial charge in [-0.15, -0.1) is 0 Å². The van der Waals surface area contributed by atoms with Crippen LogP contribution >= 0.6 is 0 Å². The second-order valence-electron chi connectivity index (χ2n) is 5.83. The van der Waals surface area contributed by atoms with E-state index in [-0.39, 0.29) is 5.91 Å². The molecule has 0 fully saturated rings. The molecule has 3 rings (SSSR count). The number of hydrogen-bond acceptors (Lipinski definition) is 3. The smallest absolute Gasteiger partial charge is 0.252 e. The molecule has 4 heteroatoms. The van der Waals surface area contributed by atoms with E-state index < -0.39 is 0 Å². The molecular formula is C20H17N3O. The number of pyridine rings is 1. The molecule has 0 saturated carbocycles. The highest BCUT2D eigenvalue weighted by molar-refractivity contribution is 6.06. The maximum absolute atomic E-state index is 12.6. The van der Waals surface area contributed by atoms with Crippen molar-refractivity contribution in [2.75, 3.05) is 0 Å². The number of nitrogens with zero attached hydrogens (tertiary/aromatic N) is 2. The van der Waals surface area contributed by atoms with Gasteiger partial charge < -0.3 is 5.32 Å². The van der Waals surface area contributed by atoms with E-state index in [0.29, 0.717) is 17.7 Å². The van der Waals surface area contributed by atoms with Crippen LogP contribution in [0.5, 0.6) is 0 Å². The Morgan fingerprint density at radius 2 is 2.00 bits per heavy atom. The molecule has 118 valence electrons. The van der Waals surface area contributed by atoms with Gasteiger partial charge in [0.1, 0.15) is 0 Å². The van der Waals surface area contributed by atoms with E-state index in [1.165, 1.54) is 0 Å². The van der Waals surface area contributed by atoms with Crippen LogP contribution in [-0.4, -0.2) is 10.9 Å². The van der Waals surface area contributed by atoms with Gasteiger partial charge >= 0.3 is 0 Å². The number of amides is 1. The fourth-order valence-corrected chi connectivity index (χ4v) is 2.69. The highest BCUT2D eigenvalue weighted by Gasteiger charge is 2.12. The average Bonchev–Trinajstić information content (AvgIpc) is 2.59. The molecule has 1 N–H and O–H groups in total. The van der Waals surface area contributed by atoms with Gasteiger partial charge in [0.25, 0.3) is 5.91 Å². The van der Waals surface area contributed by atoms with Crippen LogP contribution in [0.2, 0.25) is 0 Å². The summed E-state index contributed by atoms with van der Waals surface area (Å²) in [6.45, 7) is 4.25. The lowest BCUT2D eigenvalue weighted by atomic mass is 10.0. The SMILES string of the molecule is Cc1ccc2nc(C)cc(C(=O)NCc3cccc(C#N)c3)c2c1. The molecular weight excluding hydrogens is 298 g/mol. The van der Waals surface area contributed by atoms with Crippen molar-refractivity contribution >= 4 is 16.8 Å². The summed E-state index contributed by atoms with van der Waals surface area (Å²) in [5.74, 6) is -0.140. The van der Waals surface area contributed by atoms with Crippen LogP contribution in [0.3, 0.4) is 0 Å². The molecule has 0 unspecified atom stereocenters. The van der Waals surface area contributed by atoms with Crippen LogP contribution in [0.1, 0.15) is 32.7 Å². The lowest BCUT2D eigenvalue weighted by Gasteiger charge is -2.10. The quantitative estimate of drug-likeness (QED) is 0.802. The molecule has 2 aromatic carbocycles. The molecule has 0 bridgehead atoms. The third-order valence-electron chi connectivity index (χ3n) is 3.85. The van der Waals surface area contributed by atoms with Crippen LogP contribution in [0.25, 0.3) is 10.9 Å². The van der Waals surface area contributed by atoms with Crippen LogP contribution in [-0.2, 0) is 6.54 Å². The fourth-order valence-electron chi connectivity index (χ4n) is 2.69. The molecule has 1 heterocycles. The van der Waals surface area contributed by atoms with Gasteiger partial charge in [-0.25, -0.2) is 0 Å². The molecule has 0 atom stereocenters. The molecule has 0 aliphatic rings. The number of rotatable bonds is 3. The van der Waals surface area contributed by atoms with E-state index in [0.717, 1.165) is 27.7 Å². The summed E-state index contributed by atoms with van der Waals surface area (Å²) < 4.78 is 0. The maximum atomic E-state index is 12.6. The first-order chi connectivity index (χ1) is 11.6. The summed E-state index contributed by atoms with van der Waals surface area (Å²) in [5, 5.41) is 12.7. The largest absolute Gasteiger partial charge is 0.348 e. The monoisotopic (exact) mass is 315 g/mol. The number of aryl methyl sites for hydroxylation is 2. The standard InChI is InChI=1S/C20H17N3O/c1-13-6-7-19-17(8-13)18(9-14(2)23-19)20(24)22-12-16-5-3-4-15(10-16)11-21/h3-10H,12H2,1-2H3,(H,22,24). The number of nitriles is 1. The van der Waals surface area contributed by atoms with Crippen molar-refractivity contribution < 1.29 is 4.79 Å². The second-order valence-corrected chi connectivity index (χ2v) is 5.83. The Morgan fingerprint density at radius 1 is 1.17 bits per heavy atom. The molecule has 0 aliphatic heterocycles. The summed E-state index contributed by atoms with van der Waals surface area (Å²) in [6.07, 6.45) is 0. The molecule has 0 aliphatic carbocycles. The molecule has 24 heavy (non-hydrogen) atoms. The summed E-state index contributed by atoms with van der Waals surface area (Å²) in [4.78, 5) is 17.1. The Balaban J connectivity index is 1.88. The molecule has 0 saturated heterocycles. The summed E-state index contributed by atoms with van der Waals surface area (Å²) in [6, 6.07) is 17.0. The van der Waals surface area contributed by atoms with E-state index in [4.69, 9.17) is 5.26 Å². The minimum absolute atomic E-state index is 0.140. The van der Waals surface area contributed by atoms with Crippen LogP contribution in [0, 0.1) is 25.2 Å². The highest BCUT2D eigenvalue weighted by Crippen LogP contribution is 2.20. The normalized spacial score (nSPS) is 10.4. The van der Waals surface area contributed by atoms with Gasteiger partial charge in [0.2, 0.25) is 0 Å². The Morgan fingerprint density at radius 3 is 2.79 bits per heavy atom. The molecule has 1 aromatic heterocycles. The van der Waals surface area contributed by atoms with E-state index >= 15 is 0 Å². The third kappa shape index (κ3) is 3.26. The topological polar surface area (TPSA) is 65.8 Å². The van der Waals surface area contributed by atoms with Crippen molar-refractivity contribution in [3.05, 3.63) is 76.5 Å². The Kier molecular flexibility index (Phi) is 4.26. The number of hydrogen-bond donors (Lipinski definition) is 1. The first-order valence-electron chi connectivity index (χ1n) is 7.72. The summed E-state index contributed by atoms with van der Waals surface area (Å²) >= 11 is 0. The molecule has 3 aromatic rings. The zero-order valence-corrected chi connectivity index (χ0v) is 13.6. The first-order valence-corrected chi connectivity index (χ1v) is 7.72. The Hall–Kier alpha value is -3.19. The predicted octanol–water partition coefficient (Wildman–Crippen LogP) is 3.65. The van der Waals surface area contributed by atoms with Gasteiger partial charge in [0.05, 0.1) is 22.7 Å². The Bertz CT molecular complexity index is 970. The average molecular weight is 315 g/mol. The second kappa shape index (κ2) is 6.51. The fraction of sp³-hybridized carbons (Fsp3) is 0.150. The van der Waals surface area contributed by atoms with Gasteiger partial charge in [0.15, 0.2) is 0 Å². The third-order valence-corrected chi connectivity index (χ3v) is 3.85. The van der Waals surface area contributed by atoms with Crippen LogP contribution < -0.4 is 5.32 Å². The minimum atomic E-state index is -0.140. The lowest BCUT2D eigenvalue weighted by molar-refractivity contribution is 0.0952. The van der Waals surface area contributed by atoms with Gasteiger partial charge in [-0.2, -0.15) is 5.26 Å². The maximum Gasteiger partial charge on any atom is 0.252 e. The first kappa shape index (κ1) is 15.7.